The van der Waals surface area contributed by atoms with Crippen LogP contribution >= 0.6 is 0 Å². The van der Waals surface area contributed by atoms with E-state index in [1.807, 2.05) is 20.8 Å². The fraction of sp³-hybridized carbons (Fsp3) is 0.909. The number of rotatable bonds is 4. The summed E-state index contributed by atoms with van der Waals surface area (Å²) in [5, 5.41) is 0. The highest BCUT2D eigenvalue weighted by Crippen LogP contribution is 2.27. The van der Waals surface area contributed by atoms with Gasteiger partial charge in [-0.3, -0.25) is 4.79 Å². The minimum Gasteiger partial charge on any atom is -0.299 e. The molecule has 0 radical (unpaired) electrons. The van der Waals surface area contributed by atoms with Gasteiger partial charge in [0.2, 0.25) is 10.0 Å². The van der Waals surface area contributed by atoms with E-state index in [1.54, 1.807) is 0 Å². The molecule has 16 heavy (non-hydrogen) atoms. The second kappa shape index (κ2) is 4.84. The molecule has 1 rings (SSSR count). The number of carbonyl (C=O) groups is 1. The van der Waals surface area contributed by atoms with Crippen molar-refractivity contribution in [2.24, 2.45) is 5.41 Å². The van der Waals surface area contributed by atoms with Crippen LogP contribution in [0.2, 0.25) is 0 Å². The number of carbonyl (C=O) groups excluding carboxylic acids is 1. The summed E-state index contributed by atoms with van der Waals surface area (Å²) >= 11 is 0. The lowest BCUT2D eigenvalue weighted by atomic mass is 9.84. The smallest absolute Gasteiger partial charge is 0.214 e. The molecule has 0 saturated carbocycles. The summed E-state index contributed by atoms with van der Waals surface area (Å²) in [7, 11) is -3.16. The van der Waals surface area contributed by atoms with Crippen molar-refractivity contribution < 1.29 is 13.2 Å². The summed E-state index contributed by atoms with van der Waals surface area (Å²) in [6, 6.07) is 0. The summed E-state index contributed by atoms with van der Waals surface area (Å²) in [6.07, 6.45) is 1.90. The predicted octanol–water partition coefficient (Wildman–Crippen LogP) is 1.42. The topological polar surface area (TPSA) is 54.5 Å². The van der Waals surface area contributed by atoms with E-state index >= 15 is 0 Å². The van der Waals surface area contributed by atoms with Crippen molar-refractivity contribution in [3.05, 3.63) is 0 Å². The Morgan fingerprint density at radius 3 is 2.50 bits per heavy atom. The van der Waals surface area contributed by atoms with Crippen molar-refractivity contribution in [1.82, 2.24) is 4.31 Å². The normalized spacial score (nSPS) is 22.3. The van der Waals surface area contributed by atoms with Crippen LogP contribution in [0.15, 0.2) is 0 Å². The third-order valence-corrected chi connectivity index (χ3v) is 4.97. The first kappa shape index (κ1) is 13.6. The van der Waals surface area contributed by atoms with Crippen LogP contribution in [0.5, 0.6) is 0 Å². The van der Waals surface area contributed by atoms with Crippen LogP contribution in [-0.2, 0) is 14.8 Å². The molecule has 5 heteroatoms. The molecule has 1 saturated heterocycles. The molecule has 0 unspecified atom stereocenters. The van der Waals surface area contributed by atoms with Crippen LogP contribution in [-0.4, -0.2) is 37.3 Å². The van der Waals surface area contributed by atoms with Crippen LogP contribution < -0.4 is 0 Å². The SMILES string of the molecule is CCCCS(=O)(=O)N1CCC(=O)C(C)(C)C1. The Labute approximate surface area is 98.1 Å². The van der Waals surface area contributed by atoms with Crippen molar-refractivity contribution in [3.63, 3.8) is 0 Å². The number of hydrogen-bond donors (Lipinski definition) is 0. The second-order valence-corrected chi connectivity index (χ2v) is 7.15. The van der Waals surface area contributed by atoms with Crippen LogP contribution in [0.3, 0.4) is 0 Å². The highest BCUT2D eigenvalue weighted by Gasteiger charge is 2.38. The van der Waals surface area contributed by atoms with E-state index in [0.29, 0.717) is 25.9 Å². The van der Waals surface area contributed by atoms with E-state index in [-0.39, 0.29) is 11.5 Å². The molecule has 0 bridgehead atoms. The van der Waals surface area contributed by atoms with Gasteiger partial charge in [-0.25, -0.2) is 12.7 Å². The third-order valence-electron chi connectivity index (χ3n) is 3.06. The molecular weight excluding hydrogens is 226 g/mol. The number of unbranched alkanes of at least 4 members (excludes halogenated alkanes) is 1. The summed E-state index contributed by atoms with van der Waals surface area (Å²) in [6.45, 7) is 6.29. The molecule has 1 aliphatic rings. The first-order valence-electron chi connectivity index (χ1n) is 5.81. The first-order valence-corrected chi connectivity index (χ1v) is 7.41. The van der Waals surface area contributed by atoms with Crippen LogP contribution in [0.25, 0.3) is 0 Å². The lowest BCUT2D eigenvalue weighted by Gasteiger charge is -2.35. The third kappa shape index (κ3) is 3.04. The summed E-state index contributed by atoms with van der Waals surface area (Å²) in [5.41, 5.74) is -0.530. The maximum absolute atomic E-state index is 12.0. The van der Waals surface area contributed by atoms with Crippen molar-refractivity contribution in [3.8, 4) is 0 Å². The zero-order chi connectivity index (χ0) is 12.4. The molecule has 0 aliphatic carbocycles. The molecule has 4 nitrogen and oxygen atoms in total. The number of ketones is 1. The van der Waals surface area contributed by atoms with Gasteiger partial charge >= 0.3 is 0 Å². The molecule has 1 heterocycles. The Hall–Kier alpha value is -0.420. The Kier molecular flexibility index (Phi) is 4.12. The van der Waals surface area contributed by atoms with E-state index in [9.17, 15) is 13.2 Å². The van der Waals surface area contributed by atoms with Gasteiger partial charge in [0.15, 0.2) is 0 Å². The van der Waals surface area contributed by atoms with Crippen molar-refractivity contribution in [2.75, 3.05) is 18.8 Å². The zero-order valence-electron chi connectivity index (χ0n) is 10.3. The van der Waals surface area contributed by atoms with Gasteiger partial charge in [-0.2, -0.15) is 0 Å². The Morgan fingerprint density at radius 1 is 1.38 bits per heavy atom. The molecule has 0 N–H and O–H groups in total. The average Bonchev–Trinajstić information content (AvgIpc) is 2.19. The summed E-state index contributed by atoms with van der Waals surface area (Å²) < 4.78 is 25.4. The Balaban J connectivity index is 2.72. The predicted molar refractivity (Wildman–Crippen MR) is 63.7 cm³/mol. The second-order valence-electron chi connectivity index (χ2n) is 5.06. The highest BCUT2D eigenvalue weighted by molar-refractivity contribution is 7.89. The largest absolute Gasteiger partial charge is 0.299 e. The van der Waals surface area contributed by atoms with Gasteiger partial charge in [-0.1, -0.05) is 27.2 Å². The molecule has 0 aromatic heterocycles. The minimum absolute atomic E-state index is 0.162. The summed E-state index contributed by atoms with van der Waals surface area (Å²) in [4.78, 5) is 11.6. The Bertz CT molecular complexity index is 359. The van der Waals surface area contributed by atoms with Crippen LogP contribution in [0.4, 0.5) is 0 Å². The van der Waals surface area contributed by atoms with Gasteiger partial charge in [0.25, 0.3) is 0 Å². The number of hydrogen-bond acceptors (Lipinski definition) is 3. The zero-order valence-corrected chi connectivity index (χ0v) is 11.1. The van der Waals surface area contributed by atoms with Gasteiger partial charge in [0.05, 0.1) is 5.75 Å². The van der Waals surface area contributed by atoms with Crippen molar-refractivity contribution >= 4 is 15.8 Å². The molecule has 0 amide bonds. The van der Waals surface area contributed by atoms with E-state index in [0.717, 1.165) is 6.42 Å². The molecule has 0 aromatic rings. The lowest BCUT2D eigenvalue weighted by Crippen LogP contribution is -2.49. The maximum Gasteiger partial charge on any atom is 0.214 e. The van der Waals surface area contributed by atoms with E-state index in [1.165, 1.54) is 4.31 Å². The number of nitrogens with zero attached hydrogens (tertiary/aromatic N) is 1. The first-order chi connectivity index (χ1) is 7.29. The van der Waals surface area contributed by atoms with E-state index < -0.39 is 15.4 Å². The standard InChI is InChI=1S/C11H21NO3S/c1-4-5-8-16(14,15)12-7-6-10(13)11(2,3)9-12/h4-9H2,1-3H3. The molecule has 1 aliphatic heterocycles. The van der Waals surface area contributed by atoms with Gasteiger partial charge < -0.3 is 0 Å². The Morgan fingerprint density at radius 2 is 2.00 bits per heavy atom. The minimum atomic E-state index is -3.16. The molecular formula is C11H21NO3S. The lowest BCUT2D eigenvalue weighted by molar-refractivity contribution is -0.129. The molecule has 0 spiro atoms. The van der Waals surface area contributed by atoms with Gasteiger partial charge in [0, 0.05) is 24.9 Å². The van der Waals surface area contributed by atoms with Gasteiger partial charge in [-0.05, 0) is 6.42 Å². The highest BCUT2D eigenvalue weighted by atomic mass is 32.2. The van der Waals surface area contributed by atoms with Gasteiger partial charge in [0.1, 0.15) is 5.78 Å². The van der Waals surface area contributed by atoms with E-state index in [4.69, 9.17) is 0 Å². The fourth-order valence-corrected chi connectivity index (χ4v) is 3.67. The van der Waals surface area contributed by atoms with Crippen molar-refractivity contribution in [2.45, 2.75) is 40.0 Å². The molecule has 94 valence electrons. The van der Waals surface area contributed by atoms with Crippen LogP contribution in [0.1, 0.15) is 40.0 Å². The number of piperidine rings is 1. The molecule has 0 aromatic carbocycles. The fourth-order valence-electron chi connectivity index (χ4n) is 1.87. The van der Waals surface area contributed by atoms with Crippen molar-refractivity contribution in [1.29, 1.82) is 0 Å². The van der Waals surface area contributed by atoms with E-state index in [2.05, 4.69) is 0 Å². The van der Waals surface area contributed by atoms with Gasteiger partial charge in [-0.15, -0.1) is 0 Å². The number of Topliss-reactive ketones (excluding diaryl/α,β-unsaturated/α-hetero) is 1. The monoisotopic (exact) mass is 247 g/mol. The summed E-state index contributed by atoms with van der Waals surface area (Å²) in [5.74, 6) is 0.364. The van der Waals surface area contributed by atoms with Crippen LogP contribution in [0, 0.1) is 5.41 Å². The molecule has 0 atom stereocenters. The quantitative estimate of drug-likeness (QED) is 0.755. The molecule has 1 fully saturated rings. The number of sulfonamides is 1. The maximum atomic E-state index is 12.0. The average molecular weight is 247 g/mol.